The molecule has 2 aliphatic heterocycles. The van der Waals surface area contributed by atoms with Crippen LogP contribution in [0.2, 0.25) is 0 Å². The van der Waals surface area contributed by atoms with E-state index in [2.05, 4.69) is 0 Å². The topological polar surface area (TPSA) is 66.5 Å². The van der Waals surface area contributed by atoms with Crippen molar-refractivity contribution < 1.29 is 28.5 Å². The van der Waals surface area contributed by atoms with Crippen molar-refractivity contribution in [3.8, 4) is 28.7 Å². The number of methoxy groups -OCH3 is 3. The van der Waals surface area contributed by atoms with E-state index in [1.807, 2.05) is 23.1 Å². The fourth-order valence-electron chi connectivity index (χ4n) is 3.57. The number of likely N-dealkylation sites (tertiary alicyclic amines) is 1. The molecule has 0 N–H and O–H groups in total. The van der Waals surface area contributed by atoms with Gasteiger partial charge in [0.05, 0.1) is 21.3 Å². The summed E-state index contributed by atoms with van der Waals surface area (Å²) < 4.78 is 26.9. The minimum atomic E-state index is -0.0741. The summed E-state index contributed by atoms with van der Waals surface area (Å²) in [4.78, 5) is 14.9. The highest BCUT2D eigenvalue weighted by molar-refractivity contribution is 5.96. The van der Waals surface area contributed by atoms with Crippen molar-refractivity contribution in [2.24, 2.45) is 0 Å². The molecule has 0 bridgehead atoms. The van der Waals surface area contributed by atoms with E-state index in [1.165, 1.54) is 27.2 Å². The van der Waals surface area contributed by atoms with Gasteiger partial charge in [-0.3, -0.25) is 4.79 Å². The highest BCUT2D eigenvalue weighted by Crippen LogP contribution is 2.40. The number of ether oxygens (including phenoxy) is 5. The van der Waals surface area contributed by atoms with Crippen LogP contribution in [0.1, 0.15) is 22.3 Å². The van der Waals surface area contributed by atoms with Crippen LogP contribution in [0.4, 0.5) is 0 Å². The first-order chi connectivity index (χ1) is 13.6. The molecule has 2 aliphatic rings. The van der Waals surface area contributed by atoms with E-state index in [-0.39, 0.29) is 12.7 Å². The molecule has 0 atom stereocenters. The molecular formula is C21H22NO6. The van der Waals surface area contributed by atoms with Gasteiger partial charge in [-0.25, -0.2) is 0 Å². The van der Waals surface area contributed by atoms with Crippen molar-refractivity contribution in [1.29, 1.82) is 0 Å². The van der Waals surface area contributed by atoms with E-state index < -0.39 is 0 Å². The molecule has 0 spiro atoms. The Bertz CT molecular complexity index is 871. The monoisotopic (exact) mass is 384 g/mol. The van der Waals surface area contributed by atoms with Crippen LogP contribution in [0.5, 0.6) is 28.7 Å². The number of hydrogen-bond donors (Lipinski definition) is 0. The normalized spacial score (nSPS) is 15.6. The summed E-state index contributed by atoms with van der Waals surface area (Å²) in [5, 5.41) is 0. The summed E-state index contributed by atoms with van der Waals surface area (Å²) in [6.07, 6.45) is 0.815. The minimum absolute atomic E-state index is 0.0741. The number of rotatable bonds is 5. The minimum Gasteiger partial charge on any atom is -0.493 e. The average molecular weight is 384 g/mol. The van der Waals surface area contributed by atoms with Crippen molar-refractivity contribution in [3.63, 3.8) is 0 Å². The molecule has 7 heteroatoms. The second-order valence-corrected chi connectivity index (χ2v) is 6.56. The number of nitrogens with zero attached hydrogens (tertiary/aromatic N) is 1. The van der Waals surface area contributed by atoms with Crippen molar-refractivity contribution in [3.05, 3.63) is 47.4 Å². The Balaban J connectivity index is 1.53. The fourth-order valence-corrected chi connectivity index (χ4v) is 3.57. The number of hydrogen-bond acceptors (Lipinski definition) is 6. The Hall–Kier alpha value is -3.09. The quantitative estimate of drug-likeness (QED) is 0.790. The van der Waals surface area contributed by atoms with Gasteiger partial charge in [0.2, 0.25) is 12.5 Å². The van der Waals surface area contributed by atoms with Crippen LogP contribution < -0.4 is 23.7 Å². The van der Waals surface area contributed by atoms with Gasteiger partial charge in [-0.2, -0.15) is 0 Å². The molecule has 1 amide bonds. The zero-order valence-electron chi connectivity index (χ0n) is 16.1. The number of carbonyl (C=O) groups is 1. The fraction of sp³-hybridized carbons (Fsp3) is 0.333. The van der Waals surface area contributed by atoms with E-state index in [1.54, 1.807) is 12.1 Å². The van der Waals surface area contributed by atoms with Crippen LogP contribution in [0, 0.1) is 5.92 Å². The first-order valence-electron chi connectivity index (χ1n) is 8.98. The van der Waals surface area contributed by atoms with Crippen molar-refractivity contribution in [1.82, 2.24) is 4.90 Å². The largest absolute Gasteiger partial charge is 0.493 e. The first kappa shape index (κ1) is 18.3. The van der Waals surface area contributed by atoms with Crippen LogP contribution >= 0.6 is 0 Å². The summed E-state index contributed by atoms with van der Waals surface area (Å²) in [6.45, 7) is 1.47. The third-order valence-corrected chi connectivity index (χ3v) is 5.04. The lowest BCUT2D eigenvalue weighted by atomic mass is 9.98. The Labute approximate surface area is 163 Å². The van der Waals surface area contributed by atoms with Crippen LogP contribution in [0.3, 0.4) is 0 Å². The number of fused-ring (bicyclic) bond motifs is 1. The Morgan fingerprint density at radius 3 is 2.36 bits per heavy atom. The molecule has 1 fully saturated rings. The van der Waals surface area contributed by atoms with Gasteiger partial charge in [-0.15, -0.1) is 0 Å². The highest BCUT2D eigenvalue weighted by atomic mass is 16.7. The average Bonchev–Trinajstić information content (AvgIpc) is 3.40. The van der Waals surface area contributed by atoms with E-state index in [9.17, 15) is 4.79 Å². The van der Waals surface area contributed by atoms with E-state index in [0.717, 1.165) is 23.5 Å². The number of benzene rings is 2. The summed E-state index contributed by atoms with van der Waals surface area (Å²) >= 11 is 0. The predicted octanol–water partition coefficient (Wildman–Crippen LogP) is 2.91. The second kappa shape index (κ2) is 7.50. The second-order valence-electron chi connectivity index (χ2n) is 6.56. The molecular weight excluding hydrogens is 362 g/mol. The molecule has 0 aliphatic carbocycles. The number of amides is 1. The molecule has 2 heterocycles. The standard InChI is InChI=1S/C21H22NO6/c1-24-18-9-15(10-19(25-2)20(18)26-3)21(23)22-7-6-14(11-22)13-4-5-16-17(8-13)28-12-27-16/h4-5,8-10H,6-7,11-12H2,1-3H3. The molecule has 2 aromatic rings. The van der Waals surface area contributed by atoms with Crippen LogP contribution in [-0.4, -0.2) is 52.0 Å². The lowest BCUT2D eigenvalue weighted by Crippen LogP contribution is -2.28. The van der Waals surface area contributed by atoms with Gasteiger partial charge in [0.25, 0.3) is 5.91 Å². The molecule has 0 unspecified atom stereocenters. The molecule has 28 heavy (non-hydrogen) atoms. The third-order valence-electron chi connectivity index (χ3n) is 5.04. The zero-order chi connectivity index (χ0) is 19.7. The van der Waals surface area contributed by atoms with Crippen molar-refractivity contribution in [2.45, 2.75) is 6.42 Å². The van der Waals surface area contributed by atoms with Crippen LogP contribution in [0.25, 0.3) is 0 Å². The maximum absolute atomic E-state index is 13.1. The lowest BCUT2D eigenvalue weighted by molar-refractivity contribution is 0.0794. The molecule has 4 rings (SSSR count). The van der Waals surface area contributed by atoms with Crippen LogP contribution in [-0.2, 0) is 0 Å². The van der Waals surface area contributed by atoms with Gasteiger partial charge < -0.3 is 28.6 Å². The molecule has 0 aromatic heterocycles. The predicted molar refractivity (Wildman–Crippen MR) is 102 cm³/mol. The molecule has 1 radical (unpaired) electrons. The summed E-state index contributed by atoms with van der Waals surface area (Å²) in [6, 6.07) is 9.26. The maximum Gasteiger partial charge on any atom is 0.254 e. The summed E-state index contributed by atoms with van der Waals surface area (Å²) in [5.41, 5.74) is 1.57. The smallest absolute Gasteiger partial charge is 0.254 e. The molecule has 1 saturated heterocycles. The van der Waals surface area contributed by atoms with E-state index in [0.29, 0.717) is 35.9 Å². The van der Waals surface area contributed by atoms with Gasteiger partial charge in [0.15, 0.2) is 23.0 Å². The summed E-state index contributed by atoms with van der Waals surface area (Å²) in [7, 11) is 4.61. The van der Waals surface area contributed by atoms with Gasteiger partial charge in [0.1, 0.15) is 0 Å². The van der Waals surface area contributed by atoms with Gasteiger partial charge in [-0.05, 0) is 36.2 Å². The van der Waals surface area contributed by atoms with E-state index in [4.69, 9.17) is 23.7 Å². The molecule has 0 saturated carbocycles. The lowest BCUT2D eigenvalue weighted by Gasteiger charge is -2.19. The Morgan fingerprint density at radius 2 is 1.68 bits per heavy atom. The van der Waals surface area contributed by atoms with Crippen LogP contribution in [0.15, 0.2) is 30.3 Å². The molecule has 2 aromatic carbocycles. The zero-order valence-corrected chi connectivity index (χ0v) is 16.1. The van der Waals surface area contributed by atoms with E-state index >= 15 is 0 Å². The SMILES string of the molecule is COc1cc(C(=O)N2CC[C](c3ccc4c(c3)OCO4)C2)cc(OC)c1OC. The van der Waals surface area contributed by atoms with Crippen molar-refractivity contribution in [2.75, 3.05) is 41.2 Å². The maximum atomic E-state index is 13.1. The van der Waals surface area contributed by atoms with Gasteiger partial charge >= 0.3 is 0 Å². The van der Waals surface area contributed by atoms with Crippen molar-refractivity contribution >= 4 is 5.91 Å². The van der Waals surface area contributed by atoms with Gasteiger partial charge in [-0.1, -0.05) is 6.07 Å². The highest BCUT2D eigenvalue weighted by Gasteiger charge is 2.30. The first-order valence-corrected chi connectivity index (χ1v) is 8.98. The third kappa shape index (κ3) is 3.17. The Morgan fingerprint density at radius 1 is 0.964 bits per heavy atom. The summed E-state index contributed by atoms with van der Waals surface area (Å²) in [5.74, 6) is 4.02. The Kier molecular flexibility index (Phi) is 4.90. The number of carbonyl (C=O) groups excluding carboxylic acids is 1. The van der Waals surface area contributed by atoms with Gasteiger partial charge in [0, 0.05) is 24.6 Å². The molecule has 7 nitrogen and oxygen atoms in total. The molecule has 147 valence electrons.